The van der Waals surface area contributed by atoms with Gasteiger partial charge in [0, 0.05) is 15.6 Å². The van der Waals surface area contributed by atoms with E-state index in [4.69, 9.17) is 32.7 Å². The number of hydrogen-bond donors (Lipinski definition) is 0. The van der Waals surface area contributed by atoms with Crippen molar-refractivity contribution in [1.82, 2.24) is 0 Å². The highest BCUT2D eigenvalue weighted by Gasteiger charge is 2.40. The molecule has 2 heterocycles. The van der Waals surface area contributed by atoms with E-state index in [2.05, 4.69) is 30.2 Å². The molecular formula is C21H19BrCl2FN2O2P. The zero-order chi connectivity index (χ0) is 21.6. The van der Waals surface area contributed by atoms with E-state index in [-0.39, 0.29) is 6.61 Å². The van der Waals surface area contributed by atoms with Gasteiger partial charge in [0.15, 0.2) is 0 Å². The molecule has 2 aromatic rings. The standard InChI is InChI=1S/C21H19BrCl2FN2O2P/c1-11-9-26-17-10-29-19(13-4-3-5-16(28-2)18(13)23)14-8-12(22)6-7-15(14)27(17)20(11)21(24,25)30/h3-8,19H,9-10,30H2,1-2H3/t19-,21?/m1/s1. The largest absolute Gasteiger partial charge is 0.495 e. The maximum Gasteiger partial charge on any atom is 0.235 e. The first kappa shape index (κ1) is 22.0. The number of hydrogen-bond acceptors (Lipinski definition) is 4. The van der Waals surface area contributed by atoms with Gasteiger partial charge in [-0.1, -0.05) is 60.5 Å². The molecule has 4 rings (SSSR count). The second kappa shape index (κ2) is 8.40. The first-order valence-corrected chi connectivity index (χ1v) is 11.3. The molecule has 9 heteroatoms. The van der Waals surface area contributed by atoms with Crippen LogP contribution in [0.3, 0.4) is 0 Å². The highest BCUT2D eigenvalue weighted by molar-refractivity contribution is 9.10. The zero-order valence-electron chi connectivity index (χ0n) is 16.3. The molecule has 0 bridgehead atoms. The predicted molar refractivity (Wildman–Crippen MR) is 127 cm³/mol. The van der Waals surface area contributed by atoms with Crippen LogP contribution in [-0.4, -0.2) is 31.0 Å². The highest BCUT2D eigenvalue weighted by atomic mass is 79.9. The molecule has 0 aliphatic carbocycles. The topological polar surface area (TPSA) is 34.1 Å². The summed E-state index contributed by atoms with van der Waals surface area (Å²) in [5, 5.41) is 0.466. The monoisotopic (exact) mass is 530 g/mol. The fourth-order valence-electron chi connectivity index (χ4n) is 3.81. The number of rotatable bonds is 3. The summed E-state index contributed by atoms with van der Waals surface area (Å²) in [7, 11) is 3.64. The van der Waals surface area contributed by atoms with Crippen molar-refractivity contribution >= 4 is 59.9 Å². The fourth-order valence-corrected chi connectivity index (χ4v) is 5.11. The van der Waals surface area contributed by atoms with Gasteiger partial charge in [0.05, 0.1) is 30.1 Å². The van der Waals surface area contributed by atoms with E-state index < -0.39 is 11.0 Å². The number of nitrogens with zero attached hydrogens (tertiary/aromatic N) is 2. The fraction of sp³-hybridized carbons (Fsp3) is 0.286. The molecule has 158 valence electrons. The summed E-state index contributed by atoms with van der Waals surface area (Å²) in [4.78, 5) is 4.23. The molecule has 0 amide bonds. The lowest BCUT2D eigenvalue weighted by atomic mass is 9.98. The van der Waals surface area contributed by atoms with Crippen LogP contribution in [0.4, 0.5) is 10.1 Å². The molecule has 30 heavy (non-hydrogen) atoms. The average molecular weight is 532 g/mol. The van der Waals surface area contributed by atoms with Crippen molar-refractivity contribution in [3.05, 3.63) is 68.3 Å². The zero-order valence-corrected chi connectivity index (χ0v) is 20.5. The Bertz CT molecular complexity index is 1070. The summed E-state index contributed by atoms with van der Waals surface area (Å²) in [6, 6.07) is 11.3. The minimum absolute atomic E-state index is 0.166. The summed E-state index contributed by atoms with van der Waals surface area (Å²) in [6.45, 7) is 2.35. The molecule has 2 aliphatic rings. The number of amidine groups is 1. The third-order valence-corrected chi connectivity index (χ3v) is 6.44. The van der Waals surface area contributed by atoms with E-state index >= 15 is 4.39 Å². The Morgan fingerprint density at radius 3 is 2.80 bits per heavy atom. The minimum Gasteiger partial charge on any atom is -0.495 e. The second-order valence-corrected chi connectivity index (χ2v) is 10.1. The first-order chi connectivity index (χ1) is 14.2. The van der Waals surface area contributed by atoms with Crippen LogP contribution in [0.1, 0.15) is 24.2 Å². The smallest absolute Gasteiger partial charge is 0.235 e. The van der Waals surface area contributed by atoms with Crippen molar-refractivity contribution in [1.29, 1.82) is 0 Å². The first-order valence-electron chi connectivity index (χ1n) is 9.16. The summed E-state index contributed by atoms with van der Waals surface area (Å²) in [5.41, 5.74) is 3.38. The van der Waals surface area contributed by atoms with Gasteiger partial charge in [-0.15, -0.1) is 0 Å². The van der Waals surface area contributed by atoms with E-state index in [1.165, 1.54) is 0 Å². The lowest BCUT2D eigenvalue weighted by molar-refractivity contribution is 0.114. The maximum absolute atomic E-state index is 15.1. The Kier molecular flexibility index (Phi) is 6.17. The Hall–Kier alpha value is -1.17. The Morgan fingerprint density at radius 2 is 2.10 bits per heavy atom. The number of alkyl halides is 2. The highest BCUT2D eigenvalue weighted by Crippen LogP contribution is 2.47. The third kappa shape index (κ3) is 3.89. The number of fused-ring (bicyclic) bond motifs is 3. The predicted octanol–water partition coefficient (Wildman–Crippen LogP) is 6.46. The van der Waals surface area contributed by atoms with Gasteiger partial charge in [-0.05, 0) is 36.8 Å². The van der Waals surface area contributed by atoms with Gasteiger partial charge in [-0.2, -0.15) is 0 Å². The van der Waals surface area contributed by atoms with Gasteiger partial charge in [-0.3, -0.25) is 9.89 Å². The summed E-state index contributed by atoms with van der Waals surface area (Å²) in [6.07, 6.45) is -0.510. The van der Waals surface area contributed by atoms with Crippen molar-refractivity contribution in [2.75, 3.05) is 25.2 Å². The molecule has 4 nitrogen and oxygen atoms in total. The van der Waals surface area contributed by atoms with Gasteiger partial charge in [0.2, 0.25) is 4.87 Å². The van der Waals surface area contributed by atoms with Crippen LogP contribution in [0.5, 0.6) is 5.75 Å². The Balaban J connectivity index is 1.95. The molecule has 0 fully saturated rings. The molecule has 0 aromatic heterocycles. The molecule has 0 radical (unpaired) electrons. The number of ether oxygens (including phenoxy) is 2. The third-order valence-electron chi connectivity index (χ3n) is 5.09. The number of halogens is 4. The molecular weight excluding hydrogens is 513 g/mol. The van der Waals surface area contributed by atoms with Crippen molar-refractivity contribution in [2.24, 2.45) is 4.99 Å². The van der Waals surface area contributed by atoms with Crippen LogP contribution in [-0.2, 0) is 4.74 Å². The van der Waals surface area contributed by atoms with Crippen LogP contribution in [0.2, 0.25) is 5.02 Å². The van der Waals surface area contributed by atoms with Gasteiger partial charge in [-0.25, -0.2) is 4.39 Å². The quantitative estimate of drug-likeness (QED) is 0.336. The SMILES string of the molecule is COc1cccc([C@H]2OCC3=NCC(C)=C(C(F)(P)Cl)N3c3ccc(Br)cc32)c1Cl. The van der Waals surface area contributed by atoms with Crippen molar-refractivity contribution in [3.8, 4) is 5.75 Å². The lowest BCUT2D eigenvalue weighted by Gasteiger charge is -2.36. The maximum atomic E-state index is 15.1. The van der Waals surface area contributed by atoms with E-state index in [1.807, 2.05) is 37.3 Å². The van der Waals surface area contributed by atoms with Gasteiger partial charge >= 0.3 is 0 Å². The number of methoxy groups -OCH3 is 1. The van der Waals surface area contributed by atoms with Crippen LogP contribution in [0.25, 0.3) is 0 Å². The Labute approximate surface area is 195 Å². The van der Waals surface area contributed by atoms with Gasteiger partial charge in [0.25, 0.3) is 0 Å². The lowest BCUT2D eigenvalue weighted by Crippen LogP contribution is -2.41. The number of benzene rings is 2. The summed E-state index contributed by atoms with van der Waals surface area (Å²) >= 11 is 16.3. The average Bonchev–Trinajstić information content (AvgIpc) is 2.84. The summed E-state index contributed by atoms with van der Waals surface area (Å²) < 4.78 is 27.6. The number of aliphatic imine (C=N–C) groups is 1. The second-order valence-electron chi connectivity index (χ2n) is 7.08. The normalized spacial score (nSPS) is 20.7. The molecule has 2 aliphatic heterocycles. The molecule has 3 atom stereocenters. The summed E-state index contributed by atoms with van der Waals surface area (Å²) in [5.74, 6) is 1.14. The number of allylic oxidation sites excluding steroid dienone is 1. The molecule has 0 saturated heterocycles. The minimum atomic E-state index is -2.15. The van der Waals surface area contributed by atoms with Crippen LogP contribution in [0, 0.1) is 0 Å². The van der Waals surface area contributed by atoms with Crippen LogP contribution >= 0.6 is 48.4 Å². The van der Waals surface area contributed by atoms with Gasteiger partial charge in [0.1, 0.15) is 24.3 Å². The molecule has 0 N–H and O–H groups in total. The van der Waals surface area contributed by atoms with Crippen LogP contribution < -0.4 is 9.64 Å². The molecule has 0 spiro atoms. The van der Waals surface area contributed by atoms with Gasteiger partial charge < -0.3 is 9.47 Å². The van der Waals surface area contributed by atoms with E-state index in [1.54, 1.807) is 18.1 Å². The van der Waals surface area contributed by atoms with Crippen LogP contribution in [0.15, 0.2) is 57.1 Å². The number of anilines is 1. The van der Waals surface area contributed by atoms with Crippen molar-refractivity contribution in [3.63, 3.8) is 0 Å². The molecule has 2 unspecified atom stereocenters. The van der Waals surface area contributed by atoms with Crippen molar-refractivity contribution < 1.29 is 13.9 Å². The molecule has 0 saturated carbocycles. The Morgan fingerprint density at radius 1 is 1.33 bits per heavy atom. The van der Waals surface area contributed by atoms with E-state index in [0.29, 0.717) is 28.8 Å². The van der Waals surface area contributed by atoms with E-state index in [0.717, 1.165) is 26.9 Å². The van der Waals surface area contributed by atoms with E-state index in [9.17, 15) is 0 Å². The molecule has 2 aromatic carbocycles. The van der Waals surface area contributed by atoms with Crippen molar-refractivity contribution in [2.45, 2.75) is 17.9 Å².